The van der Waals surface area contributed by atoms with Gasteiger partial charge in [-0.2, -0.15) is 0 Å². The van der Waals surface area contributed by atoms with Gasteiger partial charge in [0.2, 0.25) is 0 Å². The number of rotatable bonds is 7. The Morgan fingerprint density at radius 3 is 2.62 bits per heavy atom. The fourth-order valence-corrected chi connectivity index (χ4v) is 2.65. The molecule has 1 aliphatic rings. The molecule has 0 atom stereocenters. The molecule has 0 aromatic heterocycles. The van der Waals surface area contributed by atoms with E-state index in [1.807, 2.05) is 38.1 Å². The zero-order valence-corrected chi connectivity index (χ0v) is 12.9. The molecule has 1 aromatic carbocycles. The summed E-state index contributed by atoms with van der Waals surface area (Å²) in [5, 5.41) is 0. The minimum absolute atomic E-state index is 0.0133. The van der Waals surface area contributed by atoms with E-state index in [0.717, 1.165) is 6.42 Å². The summed E-state index contributed by atoms with van der Waals surface area (Å²) in [5.41, 5.74) is -0.153. The van der Waals surface area contributed by atoms with Crippen molar-refractivity contribution in [3.63, 3.8) is 0 Å². The molecule has 116 valence electrons. The second-order valence-electron chi connectivity index (χ2n) is 5.21. The van der Waals surface area contributed by atoms with Crippen LogP contribution in [0.5, 0.6) is 5.75 Å². The number of benzene rings is 1. The zero-order valence-electron chi connectivity index (χ0n) is 12.9. The lowest BCUT2D eigenvalue weighted by Gasteiger charge is -2.35. The fraction of sp³-hybridized carbons (Fsp3) is 0.588. The Bertz CT molecular complexity index is 458. The molecule has 0 saturated carbocycles. The van der Waals surface area contributed by atoms with Crippen molar-refractivity contribution < 1.29 is 19.0 Å². The highest BCUT2D eigenvalue weighted by Crippen LogP contribution is 2.32. The van der Waals surface area contributed by atoms with Crippen LogP contribution in [-0.2, 0) is 9.47 Å². The van der Waals surface area contributed by atoms with Crippen molar-refractivity contribution in [2.45, 2.75) is 38.7 Å². The summed E-state index contributed by atoms with van der Waals surface area (Å²) in [6.07, 6.45) is 2.11. The van der Waals surface area contributed by atoms with E-state index >= 15 is 0 Å². The summed E-state index contributed by atoms with van der Waals surface area (Å²) in [6, 6.07) is 7.43. The van der Waals surface area contributed by atoms with Gasteiger partial charge < -0.3 is 14.2 Å². The Morgan fingerprint density at radius 2 is 1.95 bits per heavy atom. The van der Waals surface area contributed by atoms with Gasteiger partial charge in [-0.15, -0.1) is 0 Å². The topological polar surface area (TPSA) is 44.8 Å². The van der Waals surface area contributed by atoms with Gasteiger partial charge in [0, 0.05) is 32.7 Å². The van der Waals surface area contributed by atoms with Gasteiger partial charge in [-0.05, 0) is 25.5 Å². The Hall–Kier alpha value is -1.39. The maximum atomic E-state index is 13.0. The molecular formula is C17H24O4. The molecule has 0 radical (unpaired) electrons. The summed E-state index contributed by atoms with van der Waals surface area (Å²) in [6.45, 7) is 6.21. The van der Waals surface area contributed by atoms with E-state index in [4.69, 9.17) is 14.2 Å². The van der Waals surface area contributed by atoms with E-state index in [-0.39, 0.29) is 5.78 Å². The van der Waals surface area contributed by atoms with Crippen LogP contribution in [-0.4, -0.2) is 37.8 Å². The van der Waals surface area contributed by atoms with Crippen molar-refractivity contribution in [2.75, 3.05) is 26.4 Å². The third kappa shape index (κ3) is 3.63. The molecule has 4 nitrogen and oxygen atoms in total. The molecule has 0 N–H and O–H groups in total. The summed E-state index contributed by atoms with van der Waals surface area (Å²) in [4.78, 5) is 13.0. The van der Waals surface area contributed by atoms with Crippen LogP contribution < -0.4 is 4.74 Å². The van der Waals surface area contributed by atoms with Crippen LogP contribution in [0.1, 0.15) is 43.5 Å². The molecule has 1 aromatic rings. The lowest BCUT2D eigenvalue weighted by molar-refractivity contribution is -0.0823. The van der Waals surface area contributed by atoms with Gasteiger partial charge in [-0.25, -0.2) is 0 Å². The number of hydrogen-bond donors (Lipinski definition) is 0. The van der Waals surface area contributed by atoms with E-state index in [0.29, 0.717) is 50.6 Å². The highest BCUT2D eigenvalue weighted by Gasteiger charge is 2.42. The predicted octanol–water partition coefficient (Wildman–Crippen LogP) is 3.24. The normalized spacial score (nSPS) is 17.4. The van der Waals surface area contributed by atoms with E-state index in [1.165, 1.54) is 0 Å². The van der Waals surface area contributed by atoms with E-state index in [2.05, 4.69) is 0 Å². The van der Waals surface area contributed by atoms with E-state index in [9.17, 15) is 4.79 Å². The first-order valence-electron chi connectivity index (χ1n) is 7.72. The molecule has 0 bridgehead atoms. The minimum atomic E-state index is -0.765. The van der Waals surface area contributed by atoms with Crippen molar-refractivity contribution in [3.8, 4) is 5.75 Å². The minimum Gasteiger partial charge on any atom is -0.493 e. The van der Waals surface area contributed by atoms with Gasteiger partial charge in [-0.3, -0.25) is 4.79 Å². The number of ketones is 1. The summed E-state index contributed by atoms with van der Waals surface area (Å²) in [7, 11) is 0. The quantitative estimate of drug-likeness (QED) is 0.724. The highest BCUT2D eigenvalue weighted by molar-refractivity contribution is 6.04. The monoisotopic (exact) mass is 292 g/mol. The van der Waals surface area contributed by atoms with Crippen LogP contribution in [0.3, 0.4) is 0 Å². The molecule has 1 heterocycles. The standard InChI is InChI=1S/C17H24O4/c1-3-11-20-15-8-6-5-7-14(15)16(18)17(21-4-2)9-12-19-13-10-17/h5-8H,3-4,9-13H2,1-2H3. The molecule has 0 unspecified atom stereocenters. The molecule has 0 spiro atoms. The van der Waals surface area contributed by atoms with Gasteiger partial charge in [-0.1, -0.05) is 19.1 Å². The number of hydrogen-bond acceptors (Lipinski definition) is 4. The number of para-hydroxylation sites is 1. The largest absolute Gasteiger partial charge is 0.493 e. The predicted molar refractivity (Wildman–Crippen MR) is 81.0 cm³/mol. The maximum Gasteiger partial charge on any atom is 0.198 e. The van der Waals surface area contributed by atoms with Crippen LogP contribution in [0.4, 0.5) is 0 Å². The summed E-state index contributed by atoms with van der Waals surface area (Å²) in [5.74, 6) is 0.661. The zero-order chi connectivity index (χ0) is 15.1. The van der Waals surface area contributed by atoms with E-state index in [1.54, 1.807) is 0 Å². The second kappa shape index (κ2) is 7.57. The van der Waals surface area contributed by atoms with Crippen molar-refractivity contribution in [1.29, 1.82) is 0 Å². The molecule has 1 saturated heterocycles. The highest BCUT2D eigenvalue weighted by atomic mass is 16.5. The Morgan fingerprint density at radius 1 is 1.24 bits per heavy atom. The molecule has 1 fully saturated rings. The molecule has 21 heavy (non-hydrogen) atoms. The lowest BCUT2D eigenvalue weighted by Crippen LogP contribution is -2.46. The molecule has 1 aliphatic heterocycles. The Kier molecular flexibility index (Phi) is 5.76. The first-order valence-corrected chi connectivity index (χ1v) is 7.72. The third-order valence-corrected chi connectivity index (χ3v) is 3.73. The van der Waals surface area contributed by atoms with Gasteiger partial charge in [0.15, 0.2) is 5.78 Å². The fourth-order valence-electron chi connectivity index (χ4n) is 2.65. The molecular weight excluding hydrogens is 268 g/mol. The maximum absolute atomic E-state index is 13.0. The third-order valence-electron chi connectivity index (χ3n) is 3.73. The molecule has 0 aliphatic carbocycles. The molecule has 0 amide bonds. The van der Waals surface area contributed by atoms with Crippen molar-refractivity contribution in [2.24, 2.45) is 0 Å². The van der Waals surface area contributed by atoms with Crippen LogP contribution in [0, 0.1) is 0 Å². The van der Waals surface area contributed by atoms with Crippen LogP contribution >= 0.6 is 0 Å². The van der Waals surface area contributed by atoms with Crippen molar-refractivity contribution in [3.05, 3.63) is 29.8 Å². The SMILES string of the molecule is CCCOc1ccccc1C(=O)C1(OCC)CCOCC1. The van der Waals surface area contributed by atoms with Gasteiger partial charge in [0.1, 0.15) is 11.4 Å². The van der Waals surface area contributed by atoms with Crippen LogP contribution in [0.15, 0.2) is 24.3 Å². The summed E-state index contributed by atoms with van der Waals surface area (Å²) < 4.78 is 17.0. The Balaban J connectivity index is 2.28. The van der Waals surface area contributed by atoms with Gasteiger partial charge in [0.05, 0.1) is 12.2 Å². The first-order chi connectivity index (χ1) is 10.2. The molecule has 4 heteroatoms. The smallest absolute Gasteiger partial charge is 0.198 e. The Labute approximate surface area is 126 Å². The lowest BCUT2D eigenvalue weighted by atomic mass is 9.85. The van der Waals surface area contributed by atoms with Gasteiger partial charge in [0.25, 0.3) is 0 Å². The average molecular weight is 292 g/mol. The number of Topliss-reactive ketones (excluding diaryl/α,β-unsaturated/α-hetero) is 1. The number of carbonyl (C=O) groups excluding carboxylic acids is 1. The van der Waals surface area contributed by atoms with Crippen LogP contribution in [0.2, 0.25) is 0 Å². The van der Waals surface area contributed by atoms with Gasteiger partial charge >= 0.3 is 0 Å². The number of ether oxygens (including phenoxy) is 3. The van der Waals surface area contributed by atoms with Crippen molar-refractivity contribution in [1.82, 2.24) is 0 Å². The van der Waals surface area contributed by atoms with E-state index < -0.39 is 5.60 Å². The average Bonchev–Trinajstić information content (AvgIpc) is 2.53. The van der Waals surface area contributed by atoms with Crippen LogP contribution in [0.25, 0.3) is 0 Å². The number of carbonyl (C=O) groups is 1. The first kappa shape index (κ1) is 16.0. The van der Waals surface area contributed by atoms with Crippen molar-refractivity contribution >= 4 is 5.78 Å². The second-order valence-corrected chi connectivity index (χ2v) is 5.21. The molecule has 2 rings (SSSR count). The summed E-state index contributed by atoms with van der Waals surface area (Å²) >= 11 is 0.